The normalized spacial score (nSPS) is 11.3. The molecule has 0 saturated heterocycles. The first-order valence-corrected chi connectivity index (χ1v) is 5.75. The molecular weight excluding hydrogens is 260 g/mol. The molecule has 0 aliphatic rings. The van der Waals surface area contributed by atoms with Gasteiger partial charge in [0.2, 0.25) is 0 Å². The molecule has 0 unspecified atom stereocenters. The lowest BCUT2D eigenvalue weighted by Crippen LogP contribution is -2.45. The molecule has 0 aliphatic carbocycles. The van der Waals surface area contributed by atoms with Crippen LogP contribution in [0, 0.1) is 0 Å². The molecule has 0 atom stereocenters. The number of aliphatic hydroxyl groups excluding tert-OH is 2. The van der Waals surface area contributed by atoms with E-state index in [0.29, 0.717) is 6.42 Å². The van der Waals surface area contributed by atoms with E-state index in [1.54, 1.807) is 6.92 Å². The number of carbonyl (C=O) groups is 1. The van der Waals surface area contributed by atoms with Gasteiger partial charge in [-0.3, -0.25) is 0 Å². The molecule has 0 fully saturated rings. The summed E-state index contributed by atoms with van der Waals surface area (Å²) in [6, 6.07) is 2.52. The summed E-state index contributed by atoms with van der Waals surface area (Å²) in [6.45, 7) is 1.16. The van der Waals surface area contributed by atoms with Crippen molar-refractivity contribution in [1.82, 2.24) is 4.98 Å². The molecule has 1 aromatic heterocycles. The summed E-state index contributed by atoms with van der Waals surface area (Å²) in [5, 5.41) is 30.3. The number of rotatable bonds is 6. The second kappa shape index (κ2) is 5.99. The fourth-order valence-corrected chi connectivity index (χ4v) is 1.61. The largest absolute Gasteiger partial charge is 0.478 e. The number of hydrogen-bond donors (Lipinski definition) is 4. The zero-order chi connectivity index (χ0) is 13.8. The minimum absolute atomic E-state index is 0.0154. The number of aliphatic hydroxyl groups is 2. The van der Waals surface area contributed by atoms with Gasteiger partial charge in [0.05, 0.1) is 24.3 Å². The summed E-state index contributed by atoms with van der Waals surface area (Å²) in [5.41, 5.74) is -0.966. The van der Waals surface area contributed by atoms with Crippen LogP contribution >= 0.6 is 11.6 Å². The number of aromatic nitrogens is 1. The Labute approximate surface area is 109 Å². The van der Waals surface area contributed by atoms with Gasteiger partial charge in [-0.05, 0) is 18.6 Å². The highest BCUT2D eigenvalue weighted by molar-refractivity contribution is 6.29. The predicted molar refractivity (Wildman–Crippen MR) is 67.0 cm³/mol. The van der Waals surface area contributed by atoms with Crippen LogP contribution in [-0.4, -0.2) is 45.0 Å². The highest BCUT2D eigenvalue weighted by atomic mass is 35.5. The number of nitrogens with zero attached hydrogens (tertiary/aromatic N) is 1. The standard InChI is InChI=1S/C11H15ClN2O4/c1-2-11(5-15,6-16)14-9-4-7(10(17)18)3-8(12)13-9/h3-4,15-16H,2,5-6H2,1H3,(H,13,14)(H,17,18). The van der Waals surface area contributed by atoms with Crippen LogP contribution in [0.5, 0.6) is 0 Å². The van der Waals surface area contributed by atoms with Gasteiger partial charge >= 0.3 is 5.97 Å². The van der Waals surface area contributed by atoms with Crippen LogP contribution in [0.4, 0.5) is 5.82 Å². The average Bonchev–Trinajstić information content (AvgIpc) is 2.35. The Morgan fingerprint density at radius 2 is 2.06 bits per heavy atom. The van der Waals surface area contributed by atoms with Crippen LogP contribution in [0.3, 0.4) is 0 Å². The second-order valence-corrected chi connectivity index (χ2v) is 4.33. The Morgan fingerprint density at radius 1 is 1.44 bits per heavy atom. The molecule has 0 saturated carbocycles. The van der Waals surface area contributed by atoms with Crippen molar-refractivity contribution in [3.63, 3.8) is 0 Å². The van der Waals surface area contributed by atoms with Crippen molar-refractivity contribution in [3.8, 4) is 0 Å². The zero-order valence-electron chi connectivity index (χ0n) is 9.85. The lowest BCUT2D eigenvalue weighted by Gasteiger charge is -2.30. The predicted octanol–water partition coefficient (Wildman–Crippen LogP) is 0.978. The third kappa shape index (κ3) is 3.32. The molecule has 6 nitrogen and oxygen atoms in total. The summed E-state index contributed by atoms with van der Waals surface area (Å²) in [5.74, 6) is -0.928. The van der Waals surface area contributed by atoms with Gasteiger partial charge in [0.1, 0.15) is 11.0 Å². The lowest BCUT2D eigenvalue weighted by molar-refractivity contribution is 0.0697. The van der Waals surface area contributed by atoms with Gasteiger partial charge in [-0.2, -0.15) is 0 Å². The Balaban J connectivity index is 3.06. The van der Waals surface area contributed by atoms with E-state index in [-0.39, 0.29) is 29.7 Å². The van der Waals surface area contributed by atoms with E-state index >= 15 is 0 Å². The van der Waals surface area contributed by atoms with Crippen LogP contribution in [0.15, 0.2) is 12.1 Å². The molecule has 1 rings (SSSR count). The SMILES string of the molecule is CCC(CO)(CO)Nc1cc(C(=O)O)cc(Cl)n1. The van der Waals surface area contributed by atoms with E-state index in [1.807, 2.05) is 0 Å². The monoisotopic (exact) mass is 274 g/mol. The van der Waals surface area contributed by atoms with E-state index < -0.39 is 11.5 Å². The van der Waals surface area contributed by atoms with Crippen molar-refractivity contribution in [3.05, 3.63) is 22.8 Å². The summed E-state index contributed by atoms with van der Waals surface area (Å²) in [6.07, 6.45) is 0.441. The maximum atomic E-state index is 10.9. The molecule has 0 bridgehead atoms. The van der Waals surface area contributed by atoms with Gasteiger partial charge < -0.3 is 20.6 Å². The molecule has 0 radical (unpaired) electrons. The number of hydrogen-bond acceptors (Lipinski definition) is 5. The fourth-order valence-electron chi connectivity index (χ4n) is 1.40. The summed E-state index contributed by atoms with van der Waals surface area (Å²) >= 11 is 5.71. The maximum Gasteiger partial charge on any atom is 0.335 e. The van der Waals surface area contributed by atoms with Gasteiger partial charge in [-0.25, -0.2) is 9.78 Å². The van der Waals surface area contributed by atoms with Crippen LogP contribution in [0.2, 0.25) is 5.15 Å². The Kier molecular flexibility index (Phi) is 4.89. The number of pyridine rings is 1. The quantitative estimate of drug-likeness (QED) is 0.577. The first kappa shape index (κ1) is 14.7. The van der Waals surface area contributed by atoms with Gasteiger partial charge in [0, 0.05) is 0 Å². The smallest absolute Gasteiger partial charge is 0.335 e. The number of aromatic carboxylic acids is 1. The van der Waals surface area contributed by atoms with E-state index in [0.717, 1.165) is 0 Å². The van der Waals surface area contributed by atoms with Crippen LogP contribution in [-0.2, 0) is 0 Å². The molecule has 18 heavy (non-hydrogen) atoms. The summed E-state index contributed by atoms with van der Waals surface area (Å²) < 4.78 is 0. The molecule has 7 heteroatoms. The fraction of sp³-hybridized carbons (Fsp3) is 0.455. The Hall–Kier alpha value is -1.37. The van der Waals surface area contributed by atoms with Gasteiger partial charge in [-0.1, -0.05) is 18.5 Å². The third-order valence-electron chi connectivity index (χ3n) is 2.72. The summed E-state index contributed by atoms with van der Waals surface area (Å²) in [7, 11) is 0. The highest BCUT2D eigenvalue weighted by Gasteiger charge is 2.27. The number of anilines is 1. The Morgan fingerprint density at radius 3 is 2.50 bits per heavy atom. The average molecular weight is 275 g/mol. The Bertz CT molecular complexity index is 427. The summed E-state index contributed by atoms with van der Waals surface area (Å²) in [4.78, 5) is 14.8. The zero-order valence-corrected chi connectivity index (χ0v) is 10.6. The molecule has 0 spiro atoms. The topological polar surface area (TPSA) is 103 Å². The number of carboxylic acids is 1. The van der Waals surface area contributed by atoms with Crippen molar-refractivity contribution < 1.29 is 20.1 Å². The van der Waals surface area contributed by atoms with Crippen molar-refractivity contribution in [1.29, 1.82) is 0 Å². The second-order valence-electron chi connectivity index (χ2n) is 3.94. The number of halogens is 1. The molecule has 0 aliphatic heterocycles. The van der Waals surface area contributed by atoms with Crippen LogP contribution in [0.25, 0.3) is 0 Å². The van der Waals surface area contributed by atoms with Crippen molar-refractivity contribution in [2.45, 2.75) is 18.9 Å². The first-order chi connectivity index (χ1) is 8.46. The van der Waals surface area contributed by atoms with Gasteiger partial charge in [-0.15, -0.1) is 0 Å². The van der Waals surface area contributed by atoms with Gasteiger partial charge in [0.25, 0.3) is 0 Å². The number of carboxylic acid groups (broad SMARTS) is 1. The molecular formula is C11H15ClN2O4. The minimum atomic E-state index is -1.13. The van der Waals surface area contributed by atoms with Crippen molar-refractivity contribution >= 4 is 23.4 Å². The minimum Gasteiger partial charge on any atom is -0.478 e. The van der Waals surface area contributed by atoms with E-state index in [4.69, 9.17) is 16.7 Å². The van der Waals surface area contributed by atoms with E-state index in [9.17, 15) is 15.0 Å². The van der Waals surface area contributed by atoms with Crippen LogP contribution in [0.1, 0.15) is 23.7 Å². The molecule has 1 heterocycles. The lowest BCUT2D eigenvalue weighted by atomic mass is 9.98. The number of nitrogens with one attached hydrogen (secondary N) is 1. The molecule has 4 N–H and O–H groups in total. The first-order valence-electron chi connectivity index (χ1n) is 5.37. The van der Waals surface area contributed by atoms with E-state index in [2.05, 4.69) is 10.3 Å². The van der Waals surface area contributed by atoms with Crippen molar-refractivity contribution in [2.75, 3.05) is 18.5 Å². The maximum absolute atomic E-state index is 10.9. The molecule has 1 aromatic rings. The van der Waals surface area contributed by atoms with Crippen LogP contribution < -0.4 is 5.32 Å². The van der Waals surface area contributed by atoms with Gasteiger partial charge in [0.15, 0.2) is 0 Å². The molecule has 100 valence electrons. The van der Waals surface area contributed by atoms with Crippen molar-refractivity contribution in [2.24, 2.45) is 0 Å². The molecule has 0 aromatic carbocycles. The van der Waals surface area contributed by atoms with E-state index in [1.165, 1.54) is 12.1 Å². The third-order valence-corrected chi connectivity index (χ3v) is 2.91. The molecule has 0 amide bonds. The highest BCUT2D eigenvalue weighted by Crippen LogP contribution is 2.20.